The Labute approximate surface area is 209 Å². The number of esters is 1. The first kappa shape index (κ1) is 25.4. The number of nitrogens with zero attached hydrogens (tertiary/aromatic N) is 1. The molecule has 0 aliphatic carbocycles. The van der Waals surface area contributed by atoms with Gasteiger partial charge in [0.15, 0.2) is 17.3 Å². The van der Waals surface area contributed by atoms with Gasteiger partial charge in [0.25, 0.3) is 0 Å². The molecule has 36 heavy (non-hydrogen) atoms. The highest BCUT2D eigenvalue weighted by molar-refractivity contribution is 6.24. The summed E-state index contributed by atoms with van der Waals surface area (Å²) >= 11 is 0. The average molecular weight is 495 g/mol. The van der Waals surface area contributed by atoms with Gasteiger partial charge in [-0.25, -0.2) is 4.90 Å². The van der Waals surface area contributed by atoms with Crippen LogP contribution < -0.4 is 19.7 Å². The summed E-state index contributed by atoms with van der Waals surface area (Å²) in [6.07, 6.45) is 0.871. The highest BCUT2D eigenvalue weighted by Crippen LogP contribution is 2.52. The SMILES string of the molecule is CCC[C@@]1(C(=O)OC)N[C@@H](c2ccc(OC)c(OC)c2)[C@H]2C(=O)N(c3cccc(C(C)=O)c3)C(=O)[C@@H]21. The zero-order valence-corrected chi connectivity index (χ0v) is 21.0. The van der Waals surface area contributed by atoms with Crippen LogP contribution >= 0.6 is 0 Å². The van der Waals surface area contributed by atoms with Crippen molar-refractivity contribution in [2.45, 2.75) is 38.3 Å². The highest BCUT2D eigenvalue weighted by atomic mass is 16.5. The van der Waals surface area contributed by atoms with Crippen molar-refractivity contribution in [3.8, 4) is 11.5 Å². The molecule has 2 fully saturated rings. The summed E-state index contributed by atoms with van der Waals surface area (Å²) in [6.45, 7) is 3.32. The number of carbonyl (C=O) groups is 4. The van der Waals surface area contributed by atoms with Gasteiger partial charge < -0.3 is 14.2 Å². The second-order valence-corrected chi connectivity index (χ2v) is 9.07. The molecular weight excluding hydrogens is 464 g/mol. The normalized spacial score (nSPS) is 25.0. The monoisotopic (exact) mass is 494 g/mol. The third kappa shape index (κ3) is 3.83. The molecule has 2 aromatic carbocycles. The number of benzene rings is 2. The number of rotatable bonds is 8. The van der Waals surface area contributed by atoms with Crippen LogP contribution in [0.15, 0.2) is 42.5 Å². The first-order valence-corrected chi connectivity index (χ1v) is 11.8. The fourth-order valence-corrected chi connectivity index (χ4v) is 5.55. The number of ketones is 1. The first-order valence-electron chi connectivity index (χ1n) is 11.8. The van der Waals surface area contributed by atoms with Crippen LogP contribution in [0.5, 0.6) is 11.5 Å². The maximum atomic E-state index is 13.9. The minimum Gasteiger partial charge on any atom is -0.493 e. The summed E-state index contributed by atoms with van der Waals surface area (Å²) in [5, 5.41) is 3.33. The minimum atomic E-state index is -1.40. The second-order valence-electron chi connectivity index (χ2n) is 9.07. The molecule has 9 heteroatoms. The molecule has 0 aromatic heterocycles. The molecule has 0 saturated carbocycles. The van der Waals surface area contributed by atoms with E-state index < -0.39 is 41.2 Å². The second kappa shape index (κ2) is 9.73. The number of Topliss-reactive ketones (excluding diaryl/α,β-unsaturated/α-hetero) is 1. The molecule has 2 aromatic rings. The molecule has 0 spiro atoms. The third-order valence-electron chi connectivity index (χ3n) is 7.13. The molecular formula is C27H30N2O7. The number of ether oxygens (including phenoxy) is 3. The molecule has 2 amide bonds. The van der Waals surface area contributed by atoms with E-state index >= 15 is 0 Å². The summed E-state index contributed by atoms with van der Waals surface area (Å²) in [5.41, 5.74) is -0.0444. The third-order valence-corrected chi connectivity index (χ3v) is 7.13. The Balaban J connectivity index is 1.88. The van der Waals surface area contributed by atoms with Crippen molar-refractivity contribution in [3.63, 3.8) is 0 Å². The molecule has 2 saturated heterocycles. The number of imide groups is 1. The van der Waals surface area contributed by atoms with Crippen molar-refractivity contribution in [1.82, 2.24) is 5.32 Å². The molecule has 4 rings (SSSR count). The molecule has 0 unspecified atom stereocenters. The molecule has 2 aliphatic heterocycles. The Morgan fingerprint density at radius 2 is 1.72 bits per heavy atom. The first-order chi connectivity index (χ1) is 17.2. The van der Waals surface area contributed by atoms with Crippen LogP contribution in [0.4, 0.5) is 5.69 Å². The smallest absolute Gasteiger partial charge is 0.326 e. The number of fused-ring (bicyclic) bond motifs is 1. The number of hydrogen-bond donors (Lipinski definition) is 1. The molecule has 0 radical (unpaired) electrons. The predicted octanol–water partition coefficient (Wildman–Crippen LogP) is 3.07. The van der Waals surface area contributed by atoms with E-state index in [1.54, 1.807) is 36.4 Å². The fraction of sp³-hybridized carbons (Fsp3) is 0.407. The van der Waals surface area contributed by atoms with Crippen LogP contribution in [-0.2, 0) is 19.1 Å². The zero-order chi connectivity index (χ0) is 26.2. The summed E-state index contributed by atoms with van der Waals surface area (Å²) in [7, 11) is 4.31. The van der Waals surface area contributed by atoms with Gasteiger partial charge in [0.2, 0.25) is 11.8 Å². The quantitative estimate of drug-likeness (QED) is 0.339. The summed E-state index contributed by atoms with van der Waals surface area (Å²) < 4.78 is 16.0. The number of carbonyl (C=O) groups excluding carboxylic acids is 4. The molecule has 2 aliphatic rings. The fourth-order valence-electron chi connectivity index (χ4n) is 5.55. The van der Waals surface area contributed by atoms with Crippen molar-refractivity contribution in [1.29, 1.82) is 0 Å². The Bertz CT molecular complexity index is 1230. The summed E-state index contributed by atoms with van der Waals surface area (Å²) in [5.74, 6) is -2.61. The summed E-state index contributed by atoms with van der Waals surface area (Å²) in [4.78, 5) is 54.1. The molecule has 4 atom stereocenters. The number of hydrogen-bond acceptors (Lipinski definition) is 8. The van der Waals surface area contributed by atoms with Crippen LogP contribution in [0.1, 0.15) is 48.7 Å². The van der Waals surface area contributed by atoms with Crippen LogP contribution in [0.25, 0.3) is 0 Å². The van der Waals surface area contributed by atoms with Gasteiger partial charge in [-0.05, 0) is 43.2 Å². The Kier molecular flexibility index (Phi) is 6.86. The Morgan fingerprint density at radius 3 is 2.33 bits per heavy atom. The van der Waals surface area contributed by atoms with Crippen molar-refractivity contribution >= 4 is 29.3 Å². The van der Waals surface area contributed by atoms with E-state index in [2.05, 4.69) is 5.32 Å². The number of nitrogens with one attached hydrogen (secondary N) is 1. The van der Waals surface area contributed by atoms with Gasteiger partial charge in [-0.3, -0.25) is 24.5 Å². The number of amides is 2. The van der Waals surface area contributed by atoms with E-state index in [0.29, 0.717) is 41.2 Å². The minimum absolute atomic E-state index is 0.184. The van der Waals surface area contributed by atoms with Gasteiger partial charge in [0.05, 0.1) is 38.9 Å². The van der Waals surface area contributed by atoms with Gasteiger partial charge in [0, 0.05) is 11.6 Å². The molecule has 190 valence electrons. The number of anilines is 1. The van der Waals surface area contributed by atoms with Crippen LogP contribution in [0.3, 0.4) is 0 Å². The largest absolute Gasteiger partial charge is 0.493 e. The topological polar surface area (TPSA) is 111 Å². The number of methoxy groups -OCH3 is 3. The van der Waals surface area contributed by atoms with Crippen LogP contribution in [0, 0.1) is 11.8 Å². The molecule has 1 N–H and O–H groups in total. The van der Waals surface area contributed by atoms with Gasteiger partial charge in [-0.15, -0.1) is 0 Å². The van der Waals surface area contributed by atoms with Gasteiger partial charge in [0.1, 0.15) is 5.54 Å². The Morgan fingerprint density at radius 1 is 1.00 bits per heavy atom. The highest BCUT2D eigenvalue weighted by Gasteiger charge is 2.68. The molecule has 0 bridgehead atoms. The molecule has 2 heterocycles. The van der Waals surface area contributed by atoms with Crippen LogP contribution in [-0.4, -0.2) is 50.4 Å². The standard InChI is InChI=1S/C27H30N2O7/c1-6-12-27(26(33)36-5)22-21(23(28-27)17-10-11-19(34-3)20(14-17)35-4)24(31)29(25(22)32)18-9-7-8-16(13-18)15(2)30/h7-11,13-14,21-23,28H,6,12H2,1-5H3/t21-,22+,23-,27+/m0/s1. The van der Waals surface area contributed by atoms with Gasteiger partial charge in [-0.1, -0.05) is 31.5 Å². The van der Waals surface area contributed by atoms with Crippen molar-refractivity contribution in [3.05, 3.63) is 53.6 Å². The Hall–Kier alpha value is -3.72. The summed E-state index contributed by atoms with van der Waals surface area (Å²) in [6, 6.07) is 11.0. The van der Waals surface area contributed by atoms with E-state index in [9.17, 15) is 19.2 Å². The predicted molar refractivity (Wildman–Crippen MR) is 131 cm³/mol. The van der Waals surface area contributed by atoms with E-state index in [-0.39, 0.29) is 5.78 Å². The van der Waals surface area contributed by atoms with Gasteiger partial charge >= 0.3 is 5.97 Å². The maximum Gasteiger partial charge on any atom is 0.326 e. The van der Waals surface area contributed by atoms with E-state index in [4.69, 9.17) is 14.2 Å². The van der Waals surface area contributed by atoms with Crippen molar-refractivity contribution in [2.24, 2.45) is 11.8 Å². The van der Waals surface area contributed by atoms with E-state index in [0.717, 1.165) is 4.90 Å². The zero-order valence-electron chi connectivity index (χ0n) is 21.0. The lowest BCUT2D eigenvalue weighted by Gasteiger charge is -2.32. The maximum absolute atomic E-state index is 13.9. The average Bonchev–Trinajstić information content (AvgIpc) is 3.37. The van der Waals surface area contributed by atoms with Crippen molar-refractivity contribution in [2.75, 3.05) is 26.2 Å². The lowest BCUT2D eigenvalue weighted by Crippen LogP contribution is -2.56. The lowest BCUT2D eigenvalue weighted by molar-refractivity contribution is -0.152. The van der Waals surface area contributed by atoms with E-state index in [1.807, 2.05) is 6.92 Å². The van der Waals surface area contributed by atoms with E-state index in [1.165, 1.54) is 34.3 Å². The van der Waals surface area contributed by atoms with Crippen molar-refractivity contribution < 1.29 is 33.4 Å². The van der Waals surface area contributed by atoms with Gasteiger partial charge in [-0.2, -0.15) is 0 Å². The van der Waals surface area contributed by atoms with Crippen LogP contribution in [0.2, 0.25) is 0 Å². The molecule has 9 nitrogen and oxygen atoms in total. The lowest BCUT2D eigenvalue weighted by atomic mass is 9.77.